The van der Waals surface area contributed by atoms with Crippen LogP contribution in [0.15, 0.2) is 60.7 Å². The molecule has 0 spiro atoms. The summed E-state index contributed by atoms with van der Waals surface area (Å²) in [6, 6.07) is 18.3. The topological polar surface area (TPSA) is 41.6 Å². The first kappa shape index (κ1) is 17.1. The van der Waals surface area contributed by atoms with E-state index < -0.39 is 6.04 Å². The summed E-state index contributed by atoms with van der Waals surface area (Å²) in [4.78, 5) is 18.3. The molecule has 0 aliphatic heterocycles. The number of nitrogens with zero attached hydrogens (tertiary/aromatic N) is 1. The van der Waals surface area contributed by atoms with Crippen LogP contribution in [0.2, 0.25) is 0 Å². The first-order chi connectivity index (χ1) is 11.1. The lowest BCUT2D eigenvalue weighted by molar-refractivity contribution is -0.118. The van der Waals surface area contributed by atoms with Crippen LogP contribution in [-0.4, -0.2) is 23.4 Å². The number of nitrogens with one attached hydrogen (secondary N) is 1. The minimum atomic E-state index is -0.687. The summed E-state index contributed by atoms with van der Waals surface area (Å²) in [5, 5.41) is 4.69. The Labute approximate surface area is 142 Å². The van der Waals surface area contributed by atoms with Crippen molar-refractivity contribution < 1.29 is 9.63 Å². The number of carbonyl (C=O) groups excluding carboxylic acids is 1. The molecule has 0 aliphatic rings. The average Bonchev–Trinajstić information content (AvgIpc) is 2.56. The Morgan fingerprint density at radius 3 is 2.22 bits per heavy atom. The van der Waals surface area contributed by atoms with Crippen molar-refractivity contribution in [2.75, 3.05) is 17.0 Å². The molecule has 23 heavy (non-hydrogen) atoms. The highest BCUT2D eigenvalue weighted by atomic mass is 32.1. The van der Waals surface area contributed by atoms with Gasteiger partial charge in [-0.15, -0.1) is 0 Å². The van der Waals surface area contributed by atoms with Crippen molar-refractivity contribution in [3.05, 3.63) is 60.7 Å². The summed E-state index contributed by atoms with van der Waals surface area (Å²) in [7, 11) is 0. The Morgan fingerprint density at radius 2 is 1.70 bits per heavy atom. The van der Waals surface area contributed by atoms with Crippen molar-refractivity contribution in [3.63, 3.8) is 0 Å². The molecule has 0 saturated carbocycles. The standard InChI is InChI=1S/C18H20N2O2S/c1-3-22-20(16-12-8-5-9-13-16)17(14(2)21)18(23)19-15-10-6-4-7-11-15/h4-13,17H,3H2,1-2H3,(H,19,23). The summed E-state index contributed by atoms with van der Waals surface area (Å²) in [5.41, 5.74) is 1.63. The van der Waals surface area contributed by atoms with E-state index in [1.54, 1.807) is 5.06 Å². The summed E-state index contributed by atoms with van der Waals surface area (Å²) >= 11 is 5.47. The van der Waals surface area contributed by atoms with E-state index >= 15 is 0 Å². The second kappa shape index (κ2) is 8.41. The molecule has 1 unspecified atom stereocenters. The fraction of sp³-hybridized carbons (Fsp3) is 0.222. The fourth-order valence-electron chi connectivity index (χ4n) is 2.20. The summed E-state index contributed by atoms with van der Waals surface area (Å²) < 4.78 is 0. The number of hydroxylamine groups is 1. The number of hydrogen-bond donors (Lipinski definition) is 1. The monoisotopic (exact) mass is 328 g/mol. The summed E-state index contributed by atoms with van der Waals surface area (Å²) in [5.74, 6) is -0.0873. The molecule has 0 radical (unpaired) electrons. The number of hydrogen-bond acceptors (Lipinski definition) is 4. The molecule has 0 saturated heterocycles. The van der Waals surface area contributed by atoms with Crippen molar-refractivity contribution in [3.8, 4) is 0 Å². The van der Waals surface area contributed by atoms with Crippen LogP contribution in [0.4, 0.5) is 11.4 Å². The van der Waals surface area contributed by atoms with Gasteiger partial charge in [0.15, 0.2) is 11.8 Å². The average molecular weight is 328 g/mol. The van der Waals surface area contributed by atoms with Gasteiger partial charge in [-0.1, -0.05) is 48.6 Å². The Morgan fingerprint density at radius 1 is 1.13 bits per heavy atom. The number of anilines is 2. The van der Waals surface area contributed by atoms with Crippen molar-refractivity contribution in [1.29, 1.82) is 0 Å². The van der Waals surface area contributed by atoms with Gasteiger partial charge in [0.05, 0.1) is 12.3 Å². The molecule has 2 aromatic rings. The third-order valence-electron chi connectivity index (χ3n) is 3.19. The van der Waals surface area contributed by atoms with Gasteiger partial charge in [-0.3, -0.25) is 9.63 Å². The van der Waals surface area contributed by atoms with Crippen LogP contribution in [-0.2, 0) is 9.63 Å². The van der Waals surface area contributed by atoms with Gasteiger partial charge < -0.3 is 5.32 Å². The molecular weight excluding hydrogens is 308 g/mol. The fourth-order valence-corrected chi connectivity index (χ4v) is 2.58. The van der Waals surface area contributed by atoms with Crippen LogP contribution in [0.5, 0.6) is 0 Å². The van der Waals surface area contributed by atoms with E-state index in [1.165, 1.54) is 6.92 Å². The van der Waals surface area contributed by atoms with Gasteiger partial charge in [0.25, 0.3) is 0 Å². The third-order valence-corrected chi connectivity index (χ3v) is 3.51. The van der Waals surface area contributed by atoms with Gasteiger partial charge in [-0.25, -0.2) is 5.06 Å². The van der Waals surface area contributed by atoms with Gasteiger partial charge in [0.2, 0.25) is 0 Å². The number of rotatable bonds is 7. The Bertz CT molecular complexity index is 647. The van der Waals surface area contributed by atoms with E-state index in [1.807, 2.05) is 67.6 Å². The maximum absolute atomic E-state index is 12.2. The normalized spacial score (nSPS) is 11.6. The zero-order valence-corrected chi connectivity index (χ0v) is 14.0. The van der Waals surface area contributed by atoms with Crippen LogP contribution >= 0.6 is 12.2 Å². The number of carbonyl (C=O) groups is 1. The Balaban J connectivity index is 2.27. The molecule has 0 heterocycles. The maximum atomic E-state index is 12.2. The van der Waals surface area contributed by atoms with Crippen LogP contribution in [0.25, 0.3) is 0 Å². The highest BCUT2D eigenvalue weighted by Crippen LogP contribution is 2.20. The van der Waals surface area contributed by atoms with Crippen LogP contribution in [0, 0.1) is 0 Å². The van der Waals surface area contributed by atoms with E-state index in [0.717, 1.165) is 11.4 Å². The molecular formula is C18H20N2O2S. The molecule has 2 aromatic carbocycles. The minimum Gasteiger partial charge on any atom is -0.348 e. The molecule has 2 rings (SSSR count). The van der Waals surface area contributed by atoms with Gasteiger partial charge in [0, 0.05) is 5.69 Å². The van der Waals surface area contributed by atoms with E-state index in [2.05, 4.69) is 5.32 Å². The van der Waals surface area contributed by atoms with Gasteiger partial charge in [-0.05, 0) is 38.1 Å². The zero-order chi connectivity index (χ0) is 16.7. The molecule has 120 valence electrons. The van der Waals surface area contributed by atoms with Gasteiger partial charge >= 0.3 is 0 Å². The van der Waals surface area contributed by atoms with Crippen molar-refractivity contribution in [2.45, 2.75) is 19.9 Å². The van der Waals surface area contributed by atoms with Gasteiger partial charge in [0.1, 0.15) is 4.99 Å². The van der Waals surface area contributed by atoms with Crippen molar-refractivity contribution >= 4 is 34.4 Å². The van der Waals surface area contributed by atoms with Crippen LogP contribution in [0.3, 0.4) is 0 Å². The van der Waals surface area contributed by atoms with E-state index in [0.29, 0.717) is 11.6 Å². The molecule has 0 bridgehead atoms. The van der Waals surface area contributed by atoms with Crippen LogP contribution in [0.1, 0.15) is 13.8 Å². The predicted octanol–water partition coefficient (Wildman–Crippen LogP) is 3.84. The number of benzene rings is 2. The lowest BCUT2D eigenvalue weighted by Gasteiger charge is -2.31. The molecule has 5 heteroatoms. The second-order valence-electron chi connectivity index (χ2n) is 4.95. The summed E-state index contributed by atoms with van der Waals surface area (Å²) in [6.07, 6.45) is 0. The lowest BCUT2D eigenvalue weighted by atomic mass is 10.1. The van der Waals surface area contributed by atoms with Crippen LogP contribution < -0.4 is 10.4 Å². The second-order valence-corrected chi connectivity index (χ2v) is 5.39. The molecule has 0 amide bonds. The maximum Gasteiger partial charge on any atom is 0.164 e. The molecule has 1 atom stereocenters. The van der Waals surface area contributed by atoms with E-state index in [4.69, 9.17) is 17.1 Å². The first-order valence-corrected chi connectivity index (χ1v) is 7.88. The Hall–Kier alpha value is -2.24. The van der Waals surface area contributed by atoms with Crippen molar-refractivity contribution in [1.82, 2.24) is 0 Å². The lowest BCUT2D eigenvalue weighted by Crippen LogP contribution is -2.48. The number of Topliss-reactive ketones (excluding diaryl/α,β-unsaturated/α-hetero) is 1. The highest BCUT2D eigenvalue weighted by molar-refractivity contribution is 7.80. The quantitative estimate of drug-likeness (QED) is 0.618. The number of ketones is 1. The van der Waals surface area contributed by atoms with Gasteiger partial charge in [-0.2, -0.15) is 0 Å². The third kappa shape index (κ3) is 4.61. The molecule has 0 fully saturated rings. The molecule has 0 aromatic heterocycles. The molecule has 0 aliphatic carbocycles. The first-order valence-electron chi connectivity index (χ1n) is 7.47. The number of thiocarbonyl (C=S) groups is 1. The molecule has 1 N–H and O–H groups in total. The van der Waals surface area contributed by atoms with E-state index in [9.17, 15) is 4.79 Å². The number of para-hydroxylation sites is 2. The van der Waals surface area contributed by atoms with Crippen molar-refractivity contribution in [2.24, 2.45) is 0 Å². The minimum absolute atomic E-state index is 0.0873. The smallest absolute Gasteiger partial charge is 0.164 e. The predicted molar refractivity (Wildman–Crippen MR) is 97.7 cm³/mol. The molecule has 4 nitrogen and oxygen atoms in total. The highest BCUT2D eigenvalue weighted by Gasteiger charge is 2.28. The summed E-state index contributed by atoms with van der Waals surface area (Å²) in [6.45, 7) is 3.83. The van der Waals surface area contributed by atoms with E-state index in [-0.39, 0.29) is 5.78 Å². The Kier molecular flexibility index (Phi) is 6.26. The zero-order valence-electron chi connectivity index (χ0n) is 13.2. The SMILES string of the molecule is CCON(c1ccccc1)C(C(C)=O)C(=S)Nc1ccccc1. The largest absolute Gasteiger partial charge is 0.348 e.